The molecule has 0 aliphatic heterocycles. The van der Waals surface area contributed by atoms with Gasteiger partial charge in [0.05, 0.1) is 17.4 Å². The zero-order chi connectivity index (χ0) is 14.8. The molecule has 2 N–H and O–H groups in total. The van der Waals surface area contributed by atoms with Crippen molar-refractivity contribution in [2.75, 3.05) is 0 Å². The average molecular weight is 280 g/mol. The smallest absolute Gasteiger partial charge is 0.225 e. The van der Waals surface area contributed by atoms with Gasteiger partial charge in [0.15, 0.2) is 0 Å². The number of benzene rings is 1. The average Bonchev–Trinajstić information content (AvgIpc) is 2.27. The maximum atomic E-state index is 11.7. The van der Waals surface area contributed by atoms with E-state index < -0.39 is 10.0 Å². The summed E-state index contributed by atoms with van der Waals surface area (Å²) in [6.07, 6.45) is 0.189. The predicted molar refractivity (Wildman–Crippen MR) is 75.3 cm³/mol. The van der Waals surface area contributed by atoms with Crippen LogP contribution in [-0.4, -0.2) is 8.42 Å². The molecule has 0 bridgehead atoms. The maximum absolute atomic E-state index is 11.7. The molecular formula is C14H20N2O2S. The fourth-order valence-electron chi connectivity index (χ4n) is 2.13. The summed E-state index contributed by atoms with van der Waals surface area (Å²) in [7, 11) is -3.77. The van der Waals surface area contributed by atoms with Crippen molar-refractivity contribution in [1.82, 2.24) is 0 Å². The van der Waals surface area contributed by atoms with E-state index in [0.29, 0.717) is 5.56 Å². The van der Waals surface area contributed by atoms with Crippen molar-refractivity contribution in [3.8, 4) is 6.07 Å². The van der Waals surface area contributed by atoms with Crippen LogP contribution in [0.15, 0.2) is 17.0 Å². The van der Waals surface area contributed by atoms with E-state index in [4.69, 9.17) is 10.4 Å². The van der Waals surface area contributed by atoms with Crippen molar-refractivity contribution in [2.24, 2.45) is 5.14 Å². The lowest BCUT2D eigenvalue weighted by Crippen LogP contribution is -2.16. The van der Waals surface area contributed by atoms with E-state index in [2.05, 4.69) is 6.07 Å². The van der Waals surface area contributed by atoms with Gasteiger partial charge in [0.1, 0.15) is 0 Å². The molecule has 0 spiro atoms. The highest BCUT2D eigenvalue weighted by Gasteiger charge is 2.20. The van der Waals surface area contributed by atoms with Gasteiger partial charge in [0, 0.05) is 0 Å². The maximum Gasteiger partial charge on any atom is 0.238 e. The van der Waals surface area contributed by atoms with Crippen LogP contribution in [0.3, 0.4) is 0 Å². The van der Waals surface area contributed by atoms with Gasteiger partial charge in [-0.2, -0.15) is 5.26 Å². The van der Waals surface area contributed by atoms with E-state index in [9.17, 15) is 8.42 Å². The van der Waals surface area contributed by atoms with Gasteiger partial charge in [-0.05, 0) is 34.6 Å². The monoisotopic (exact) mass is 280 g/mol. The van der Waals surface area contributed by atoms with Crippen LogP contribution in [0.5, 0.6) is 0 Å². The van der Waals surface area contributed by atoms with Gasteiger partial charge in [-0.3, -0.25) is 0 Å². The molecule has 0 heterocycles. The van der Waals surface area contributed by atoms with Gasteiger partial charge in [-0.15, -0.1) is 0 Å². The largest absolute Gasteiger partial charge is 0.238 e. The highest BCUT2D eigenvalue weighted by molar-refractivity contribution is 7.89. The Bertz CT molecular complexity index is 611. The van der Waals surface area contributed by atoms with Crippen molar-refractivity contribution in [3.05, 3.63) is 28.8 Å². The van der Waals surface area contributed by atoms with Crippen LogP contribution >= 0.6 is 0 Å². The standard InChI is InChI=1S/C14H20N2O2S/c1-9(2)12-8-13(10(3)4)14(19(16,17)18)7-11(12)5-6-15/h7-10H,5H2,1-4H3,(H2,16,17,18). The number of primary sulfonamides is 1. The Kier molecular flexibility index (Phi) is 4.72. The molecule has 0 saturated heterocycles. The molecule has 1 aromatic rings. The predicted octanol–water partition coefficient (Wildman–Crippen LogP) is 2.65. The van der Waals surface area contributed by atoms with Crippen molar-refractivity contribution < 1.29 is 8.42 Å². The first kappa shape index (κ1) is 15.7. The summed E-state index contributed by atoms with van der Waals surface area (Å²) in [4.78, 5) is 0.136. The molecule has 0 amide bonds. The summed E-state index contributed by atoms with van der Waals surface area (Å²) < 4.78 is 23.4. The molecule has 0 aliphatic rings. The first-order valence-electron chi connectivity index (χ1n) is 6.25. The highest BCUT2D eigenvalue weighted by atomic mass is 32.2. The second kappa shape index (κ2) is 5.72. The minimum Gasteiger partial charge on any atom is -0.225 e. The van der Waals surface area contributed by atoms with Crippen LogP contribution in [0.25, 0.3) is 0 Å². The zero-order valence-corrected chi connectivity index (χ0v) is 12.6. The van der Waals surface area contributed by atoms with E-state index >= 15 is 0 Å². The third-order valence-electron chi connectivity index (χ3n) is 3.09. The first-order valence-corrected chi connectivity index (χ1v) is 7.79. The molecule has 1 rings (SSSR count). The van der Waals surface area contributed by atoms with Gasteiger partial charge in [0.2, 0.25) is 10.0 Å². The normalized spacial score (nSPS) is 11.9. The lowest BCUT2D eigenvalue weighted by molar-refractivity contribution is 0.595. The van der Waals surface area contributed by atoms with Crippen LogP contribution in [0.4, 0.5) is 0 Å². The first-order chi connectivity index (χ1) is 8.68. The lowest BCUT2D eigenvalue weighted by atomic mass is 9.90. The molecule has 104 valence electrons. The summed E-state index contributed by atoms with van der Waals surface area (Å²) in [5.41, 5.74) is 2.47. The van der Waals surface area contributed by atoms with E-state index in [1.807, 2.05) is 33.8 Å². The van der Waals surface area contributed by atoms with E-state index in [-0.39, 0.29) is 23.2 Å². The summed E-state index contributed by atoms with van der Waals surface area (Å²) >= 11 is 0. The molecule has 0 saturated carbocycles. The Balaban J connectivity index is 3.66. The van der Waals surface area contributed by atoms with Gasteiger partial charge < -0.3 is 0 Å². The van der Waals surface area contributed by atoms with Crippen molar-refractivity contribution >= 4 is 10.0 Å². The van der Waals surface area contributed by atoms with Gasteiger partial charge in [-0.25, -0.2) is 13.6 Å². The van der Waals surface area contributed by atoms with Crippen LogP contribution in [0, 0.1) is 11.3 Å². The van der Waals surface area contributed by atoms with E-state index in [1.165, 1.54) is 0 Å². The van der Waals surface area contributed by atoms with Crippen LogP contribution in [-0.2, 0) is 16.4 Å². The summed E-state index contributed by atoms with van der Waals surface area (Å²) in [5.74, 6) is 0.289. The Hall–Kier alpha value is -1.38. The minimum atomic E-state index is -3.77. The third-order valence-corrected chi connectivity index (χ3v) is 4.06. The molecule has 4 nitrogen and oxygen atoms in total. The minimum absolute atomic E-state index is 0.0574. The number of sulfonamides is 1. The summed E-state index contributed by atoms with van der Waals surface area (Å²) in [5, 5.41) is 14.1. The second-order valence-corrected chi connectivity index (χ2v) is 6.81. The highest BCUT2D eigenvalue weighted by Crippen LogP contribution is 2.30. The lowest BCUT2D eigenvalue weighted by Gasteiger charge is -2.18. The van der Waals surface area contributed by atoms with Gasteiger partial charge in [0.25, 0.3) is 0 Å². The number of hydrogen-bond acceptors (Lipinski definition) is 3. The fraction of sp³-hybridized carbons (Fsp3) is 0.500. The number of nitrogens with zero attached hydrogens (tertiary/aromatic N) is 1. The quantitative estimate of drug-likeness (QED) is 0.920. The Morgan fingerprint density at radius 1 is 1.16 bits per heavy atom. The Morgan fingerprint density at radius 3 is 2.05 bits per heavy atom. The van der Waals surface area contributed by atoms with Crippen LogP contribution in [0.1, 0.15) is 56.2 Å². The number of rotatable bonds is 4. The molecule has 19 heavy (non-hydrogen) atoms. The molecule has 0 aromatic heterocycles. The molecule has 0 atom stereocenters. The number of nitrogens with two attached hydrogens (primary N) is 1. The Labute approximate surface area is 115 Å². The van der Waals surface area contributed by atoms with Gasteiger partial charge >= 0.3 is 0 Å². The molecule has 0 aliphatic carbocycles. The molecular weight excluding hydrogens is 260 g/mol. The SMILES string of the molecule is CC(C)c1cc(C(C)C)c(S(N)(=O)=O)cc1CC#N. The van der Waals surface area contributed by atoms with Crippen LogP contribution < -0.4 is 5.14 Å². The topological polar surface area (TPSA) is 84.0 Å². The number of nitriles is 1. The summed E-state index contributed by atoms with van der Waals surface area (Å²) in [6.45, 7) is 7.91. The van der Waals surface area contributed by atoms with Crippen molar-refractivity contribution in [2.45, 2.75) is 50.8 Å². The molecule has 0 unspecified atom stereocenters. The molecule has 5 heteroatoms. The second-order valence-electron chi connectivity index (χ2n) is 5.28. The third kappa shape index (κ3) is 3.55. The van der Waals surface area contributed by atoms with Crippen molar-refractivity contribution in [3.63, 3.8) is 0 Å². The molecule has 0 fully saturated rings. The number of hydrogen-bond donors (Lipinski definition) is 1. The van der Waals surface area contributed by atoms with E-state index in [0.717, 1.165) is 11.1 Å². The zero-order valence-electron chi connectivity index (χ0n) is 11.8. The Morgan fingerprint density at radius 2 is 1.68 bits per heavy atom. The molecule has 0 radical (unpaired) electrons. The van der Waals surface area contributed by atoms with Crippen molar-refractivity contribution in [1.29, 1.82) is 5.26 Å². The molecule has 1 aromatic carbocycles. The van der Waals surface area contributed by atoms with E-state index in [1.54, 1.807) is 6.07 Å². The van der Waals surface area contributed by atoms with Gasteiger partial charge in [-0.1, -0.05) is 33.8 Å². The fourth-order valence-corrected chi connectivity index (χ4v) is 3.06. The summed E-state index contributed by atoms with van der Waals surface area (Å²) in [6, 6.07) is 5.51. The van der Waals surface area contributed by atoms with Crippen LogP contribution in [0.2, 0.25) is 0 Å².